The van der Waals surface area contributed by atoms with Crippen LogP contribution in [0.25, 0.3) is 0 Å². The van der Waals surface area contributed by atoms with Crippen LogP contribution in [0.1, 0.15) is 5.56 Å². The van der Waals surface area contributed by atoms with Crippen molar-refractivity contribution in [2.24, 2.45) is 0 Å². The quantitative estimate of drug-likeness (QED) is 0.819. The Hall–Kier alpha value is -1.75. The number of amides is 1. The predicted molar refractivity (Wildman–Crippen MR) is 63.8 cm³/mol. The molecule has 1 rings (SSSR count). The molecule has 1 N–H and O–H groups in total. The highest BCUT2D eigenvalue weighted by molar-refractivity contribution is 6.37. The van der Waals surface area contributed by atoms with Crippen LogP contribution >= 0.6 is 11.6 Å². The summed E-state index contributed by atoms with van der Waals surface area (Å²) in [6.07, 6.45) is 0. The maximum atomic E-state index is 11.3. The molecule has 92 valence electrons. The number of nitrogens with zero attached hydrogens (tertiary/aromatic N) is 1. The first kappa shape index (κ1) is 13.3. The first-order valence-corrected chi connectivity index (χ1v) is 5.11. The first-order chi connectivity index (χ1) is 7.88. The van der Waals surface area contributed by atoms with E-state index >= 15 is 0 Å². The Morgan fingerprint density at radius 2 is 2.00 bits per heavy atom. The van der Waals surface area contributed by atoms with Crippen molar-refractivity contribution in [3.05, 3.63) is 22.7 Å². The molecule has 0 radical (unpaired) electrons. The summed E-state index contributed by atoms with van der Waals surface area (Å²) in [5.74, 6) is -2.06. The molecule has 0 heterocycles. The zero-order valence-corrected chi connectivity index (χ0v) is 10.4. The monoisotopic (exact) mass is 257 g/mol. The number of ether oxygens (including phenoxy) is 1. The smallest absolute Gasteiger partial charge is 0.394 e. The molecule has 17 heavy (non-hydrogen) atoms. The van der Waals surface area contributed by atoms with Gasteiger partial charge in [-0.15, -0.1) is 0 Å². The molecule has 0 aromatic heterocycles. The van der Waals surface area contributed by atoms with E-state index in [9.17, 15) is 9.59 Å². The van der Waals surface area contributed by atoms with Crippen molar-refractivity contribution in [1.82, 2.24) is 0 Å². The van der Waals surface area contributed by atoms with E-state index in [-0.39, 0.29) is 0 Å². The van der Waals surface area contributed by atoms with Crippen molar-refractivity contribution in [1.29, 1.82) is 0 Å². The van der Waals surface area contributed by atoms with Crippen molar-refractivity contribution in [2.75, 3.05) is 19.1 Å². The summed E-state index contributed by atoms with van der Waals surface area (Å²) in [5.41, 5.74) is 1.13. The van der Waals surface area contributed by atoms with Crippen molar-refractivity contribution in [3.63, 3.8) is 0 Å². The van der Waals surface area contributed by atoms with Gasteiger partial charge in [-0.2, -0.15) is 0 Å². The average molecular weight is 258 g/mol. The van der Waals surface area contributed by atoms with Gasteiger partial charge in [0.1, 0.15) is 5.75 Å². The zero-order valence-electron chi connectivity index (χ0n) is 9.65. The first-order valence-electron chi connectivity index (χ1n) is 4.73. The normalized spacial score (nSPS) is 9.88. The third-order valence-corrected chi connectivity index (χ3v) is 2.61. The van der Waals surface area contributed by atoms with Crippen LogP contribution in [0.2, 0.25) is 5.02 Å². The fourth-order valence-electron chi connectivity index (χ4n) is 1.42. The number of carboxylic acid groups (broad SMARTS) is 1. The second-order valence-corrected chi connectivity index (χ2v) is 3.85. The summed E-state index contributed by atoms with van der Waals surface area (Å²) < 4.78 is 5.02. The van der Waals surface area contributed by atoms with Crippen LogP contribution in [0.15, 0.2) is 12.1 Å². The van der Waals surface area contributed by atoms with Crippen LogP contribution in [-0.4, -0.2) is 31.1 Å². The maximum Gasteiger partial charge on any atom is 0.394 e. The Morgan fingerprint density at radius 1 is 1.41 bits per heavy atom. The molecule has 0 aliphatic heterocycles. The Kier molecular flexibility index (Phi) is 3.96. The van der Waals surface area contributed by atoms with Gasteiger partial charge in [0, 0.05) is 12.7 Å². The van der Waals surface area contributed by atoms with E-state index in [4.69, 9.17) is 21.4 Å². The molecule has 6 heteroatoms. The number of carbonyl (C=O) groups excluding carboxylic acids is 1. The minimum Gasteiger partial charge on any atom is -0.495 e. The third kappa shape index (κ3) is 2.68. The molecule has 0 aliphatic carbocycles. The second kappa shape index (κ2) is 5.05. The minimum absolute atomic E-state index is 0.318. The fraction of sp³-hybridized carbons (Fsp3) is 0.273. The van der Waals surface area contributed by atoms with Gasteiger partial charge in [0.25, 0.3) is 0 Å². The molecule has 0 aliphatic rings. The van der Waals surface area contributed by atoms with Crippen LogP contribution in [0.3, 0.4) is 0 Å². The molecule has 0 spiro atoms. The number of anilines is 1. The number of carbonyl (C=O) groups is 2. The summed E-state index contributed by atoms with van der Waals surface area (Å²) in [7, 11) is 2.86. The third-order valence-electron chi connectivity index (χ3n) is 2.32. The Balaban J connectivity index is 3.19. The molecule has 0 bridgehead atoms. The standard InChI is InChI=1S/C11H12ClNO4/c1-6-4-9(17-3)7(12)5-8(6)13(2)10(14)11(15)16/h4-5H,1-3H3,(H,15,16). The number of aliphatic carboxylic acids is 1. The molecule has 0 atom stereocenters. The molecule has 0 saturated heterocycles. The van der Waals surface area contributed by atoms with Gasteiger partial charge in [0.2, 0.25) is 0 Å². The van der Waals surface area contributed by atoms with E-state index in [1.165, 1.54) is 20.2 Å². The Morgan fingerprint density at radius 3 is 2.47 bits per heavy atom. The number of benzene rings is 1. The highest BCUT2D eigenvalue weighted by Crippen LogP contribution is 2.32. The summed E-state index contributed by atoms with van der Waals surface area (Å²) in [5, 5.41) is 8.94. The second-order valence-electron chi connectivity index (χ2n) is 3.44. The summed E-state index contributed by atoms with van der Waals surface area (Å²) in [6, 6.07) is 3.14. The number of aryl methyl sites for hydroxylation is 1. The topological polar surface area (TPSA) is 66.8 Å². The van der Waals surface area contributed by atoms with Crippen molar-refractivity contribution >= 4 is 29.2 Å². The van der Waals surface area contributed by atoms with E-state index < -0.39 is 11.9 Å². The molecule has 1 amide bonds. The lowest BCUT2D eigenvalue weighted by atomic mass is 10.1. The lowest BCUT2D eigenvalue weighted by molar-refractivity contribution is -0.148. The number of likely N-dealkylation sites (N-methyl/N-ethyl adjacent to an activating group) is 1. The van der Waals surface area contributed by atoms with Gasteiger partial charge in [0.05, 0.1) is 12.1 Å². The van der Waals surface area contributed by atoms with Crippen LogP contribution < -0.4 is 9.64 Å². The average Bonchev–Trinajstić information content (AvgIpc) is 2.29. The number of rotatable bonds is 2. The molecular formula is C11H12ClNO4. The van der Waals surface area contributed by atoms with Gasteiger partial charge in [-0.05, 0) is 24.6 Å². The van der Waals surface area contributed by atoms with Gasteiger partial charge < -0.3 is 14.7 Å². The highest BCUT2D eigenvalue weighted by Gasteiger charge is 2.21. The van der Waals surface area contributed by atoms with Crippen molar-refractivity contribution < 1.29 is 19.4 Å². The largest absolute Gasteiger partial charge is 0.495 e. The van der Waals surface area contributed by atoms with Crippen LogP contribution in [-0.2, 0) is 9.59 Å². The molecule has 1 aromatic carbocycles. The molecule has 1 aromatic rings. The maximum absolute atomic E-state index is 11.3. The van der Waals surface area contributed by atoms with Gasteiger partial charge in [-0.3, -0.25) is 4.79 Å². The molecular weight excluding hydrogens is 246 g/mol. The molecule has 5 nitrogen and oxygen atoms in total. The van der Waals surface area contributed by atoms with Crippen LogP contribution in [0.4, 0.5) is 5.69 Å². The number of hydrogen-bond donors (Lipinski definition) is 1. The van der Waals surface area contributed by atoms with Crippen LogP contribution in [0, 0.1) is 6.92 Å². The van der Waals surface area contributed by atoms with E-state index in [0.717, 1.165) is 4.90 Å². The minimum atomic E-state index is -1.51. The molecule has 0 unspecified atom stereocenters. The van der Waals surface area contributed by atoms with Crippen LogP contribution in [0.5, 0.6) is 5.75 Å². The van der Waals surface area contributed by atoms with E-state index in [0.29, 0.717) is 22.0 Å². The number of methoxy groups -OCH3 is 1. The Labute approximate surface area is 104 Å². The van der Waals surface area contributed by atoms with Gasteiger partial charge in [-0.1, -0.05) is 11.6 Å². The number of hydrogen-bond acceptors (Lipinski definition) is 3. The van der Waals surface area contributed by atoms with Crippen molar-refractivity contribution in [2.45, 2.75) is 6.92 Å². The number of halogens is 1. The highest BCUT2D eigenvalue weighted by atomic mass is 35.5. The van der Waals surface area contributed by atoms with Crippen molar-refractivity contribution in [3.8, 4) is 5.75 Å². The lowest BCUT2D eigenvalue weighted by Gasteiger charge is -2.18. The molecule has 0 saturated carbocycles. The lowest BCUT2D eigenvalue weighted by Crippen LogP contribution is -2.33. The Bertz CT molecular complexity index is 473. The number of carboxylic acids is 1. The summed E-state index contributed by atoms with van der Waals surface area (Å²) >= 11 is 5.92. The van der Waals surface area contributed by atoms with Gasteiger partial charge in [-0.25, -0.2) is 4.79 Å². The van der Waals surface area contributed by atoms with E-state index in [1.807, 2.05) is 0 Å². The summed E-state index contributed by atoms with van der Waals surface area (Å²) in [4.78, 5) is 22.9. The predicted octanol–water partition coefficient (Wildman–Crippen LogP) is 1.70. The van der Waals surface area contributed by atoms with Gasteiger partial charge in [0.15, 0.2) is 0 Å². The van der Waals surface area contributed by atoms with E-state index in [1.54, 1.807) is 13.0 Å². The zero-order chi connectivity index (χ0) is 13.2. The summed E-state index contributed by atoms with van der Waals surface area (Å²) in [6.45, 7) is 1.74. The fourth-order valence-corrected chi connectivity index (χ4v) is 1.65. The van der Waals surface area contributed by atoms with Gasteiger partial charge >= 0.3 is 11.9 Å². The van der Waals surface area contributed by atoms with E-state index in [2.05, 4.69) is 0 Å². The SMILES string of the molecule is COc1cc(C)c(N(C)C(=O)C(=O)O)cc1Cl. The molecule has 0 fully saturated rings.